The molecular formula is C7H13N3O4S. The molecular weight excluding hydrogens is 222 g/mol. The number of cyclic esters (lactones) is 1. The SMILES string of the molecule is NS(=O)(=O)N1CCN2C(=O)OCCC2C1. The van der Waals surface area contributed by atoms with Crippen LogP contribution in [-0.2, 0) is 14.9 Å². The summed E-state index contributed by atoms with van der Waals surface area (Å²) in [5, 5.41) is 5.03. The highest BCUT2D eigenvalue weighted by molar-refractivity contribution is 7.86. The molecule has 8 heteroatoms. The number of piperazine rings is 1. The molecule has 7 nitrogen and oxygen atoms in total. The van der Waals surface area contributed by atoms with Crippen LogP contribution in [0.25, 0.3) is 0 Å². The molecule has 2 aliphatic heterocycles. The molecule has 0 bridgehead atoms. The minimum absolute atomic E-state index is 0.0988. The number of rotatable bonds is 1. The van der Waals surface area contributed by atoms with Crippen LogP contribution in [0.1, 0.15) is 6.42 Å². The standard InChI is InChI=1S/C7H13N3O4S/c8-15(12,13)9-2-3-10-6(5-9)1-4-14-7(10)11/h6H,1-5H2,(H2,8,12,13). The van der Waals surface area contributed by atoms with Gasteiger partial charge in [-0.3, -0.25) is 0 Å². The van der Waals surface area contributed by atoms with Crippen LogP contribution >= 0.6 is 0 Å². The van der Waals surface area contributed by atoms with Crippen molar-refractivity contribution in [3.05, 3.63) is 0 Å². The van der Waals surface area contributed by atoms with Crippen LogP contribution in [0.5, 0.6) is 0 Å². The summed E-state index contributed by atoms with van der Waals surface area (Å²) in [6.07, 6.45) is 0.290. The maximum absolute atomic E-state index is 11.3. The van der Waals surface area contributed by atoms with Gasteiger partial charge in [-0.05, 0) is 0 Å². The number of fused-ring (bicyclic) bond motifs is 1. The summed E-state index contributed by atoms with van der Waals surface area (Å²) in [5.74, 6) is 0. The molecule has 1 amide bonds. The van der Waals surface area contributed by atoms with Crippen molar-refractivity contribution in [2.75, 3.05) is 26.2 Å². The summed E-state index contributed by atoms with van der Waals surface area (Å²) in [5.41, 5.74) is 0. The Balaban J connectivity index is 2.09. The third kappa shape index (κ3) is 2.06. The number of ether oxygens (including phenoxy) is 1. The lowest BCUT2D eigenvalue weighted by Crippen LogP contribution is -2.59. The van der Waals surface area contributed by atoms with E-state index < -0.39 is 10.2 Å². The van der Waals surface area contributed by atoms with Crippen molar-refractivity contribution in [3.8, 4) is 0 Å². The van der Waals surface area contributed by atoms with E-state index in [0.717, 1.165) is 0 Å². The summed E-state index contributed by atoms with van der Waals surface area (Å²) in [6.45, 7) is 1.21. The van der Waals surface area contributed by atoms with Crippen molar-refractivity contribution in [2.45, 2.75) is 12.5 Å². The zero-order valence-electron chi connectivity index (χ0n) is 8.13. The second kappa shape index (κ2) is 3.62. The van der Waals surface area contributed by atoms with Crippen LogP contribution in [-0.4, -0.2) is 56.0 Å². The minimum Gasteiger partial charge on any atom is -0.449 e. The Bertz CT molecular complexity index is 368. The fourth-order valence-electron chi connectivity index (χ4n) is 1.91. The van der Waals surface area contributed by atoms with Crippen molar-refractivity contribution < 1.29 is 17.9 Å². The summed E-state index contributed by atoms with van der Waals surface area (Å²) in [6, 6.07) is -0.0988. The van der Waals surface area contributed by atoms with Gasteiger partial charge in [0.25, 0.3) is 10.2 Å². The lowest BCUT2D eigenvalue weighted by Gasteiger charge is -2.41. The summed E-state index contributed by atoms with van der Waals surface area (Å²) < 4.78 is 28.3. The molecule has 0 saturated carbocycles. The Morgan fingerprint density at radius 2 is 2.13 bits per heavy atom. The van der Waals surface area contributed by atoms with Crippen LogP contribution in [0.4, 0.5) is 4.79 Å². The Morgan fingerprint density at radius 1 is 1.40 bits per heavy atom. The monoisotopic (exact) mass is 235 g/mol. The molecule has 2 aliphatic rings. The van der Waals surface area contributed by atoms with Crippen molar-refractivity contribution in [3.63, 3.8) is 0 Å². The zero-order valence-corrected chi connectivity index (χ0v) is 8.94. The zero-order chi connectivity index (χ0) is 11.1. The average molecular weight is 235 g/mol. The number of hydrogen-bond acceptors (Lipinski definition) is 4. The molecule has 0 aromatic rings. The average Bonchev–Trinajstić information content (AvgIpc) is 2.16. The highest BCUT2D eigenvalue weighted by Gasteiger charge is 2.37. The second-order valence-corrected chi connectivity index (χ2v) is 5.20. The highest BCUT2D eigenvalue weighted by Crippen LogP contribution is 2.19. The van der Waals surface area contributed by atoms with E-state index in [1.807, 2.05) is 0 Å². The molecule has 0 aromatic heterocycles. The Morgan fingerprint density at radius 3 is 2.80 bits per heavy atom. The molecule has 86 valence electrons. The van der Waals surface area contributed by atoms with Gasteiger partial charge in [-0.25, -0.2) is 9.93 Å². The second-order valence-electron chi connectivity index (χ2n) is 3.65. The largest absolute Gasteiger partial charge is 0.449 e. The fraction of sp³-hybridized carbons (Fsp3) is 0.857. The first-order valence-electron chi connectivity index (χ1n) is 4.70. The molecule has 1 atom stereocenters. The normalized spacial score (nSPS) is 28.5. The van der Waals surface area contributed by atoms with Gasteiger partial charge < -0.3 is 9.64 Å². The van der Waals surface area contributed by atoms with Gasteiger partial charge in [-0.2, -0.15) is 12.7 Å². The molecule has 2 N–H and O–H groups in total. The van der Waals surface area contributed by atoms with Gasteiger partial charge in [0, 0.05) is 26.1 Å². The van der Waals surface area contributed by atoms with Gasteiger partial charge in [-0.1, -0.05) is 0 Å². The number of hydrogen-bond donors (Lipinski definition) is 1. The van der Waals surface area contributed by atoms with E-state index >= 15 is 0 Å². The summed E-state index contributed by atoms with van der Waals surface area (Å²) in [7, 11) is -3.64. The van der Waals surface area contributed by atoms with E-state index in [1.165, 1.54) is 4.31 Å². The predicted molar refractivity (Wildman–Crippen MR) is 51.1 cm³/mol. The van der Waals surface area contributed by atoms with Gasteiger partial charge >= 0.3 is 6.09 Å². The van der Waals surface area contributed by atoms with Crippen LogP contribution in [0, 0.1) is 0 Å². The molecule has 0 spiro atoms. The minimum atomic E-state index is -3.64. The Labute approximate surface area is 87.9 Å². The van der Waals surface area contributed by atoms with E-state index in [2.05, 4.69) is 0 Å². The molecule has 0 radical (unpaired) electrons. The number of carbonyl (C=O) groups excluding carboxylic acids is 1. The fourth-order valence-corrected chi connectivity index (χ4v) is 2.63. The lowest BCUT2D eigenvalue weighted by molar-refractivity contribution is 0.0218. The molecule has 2 saturated heterocycles. The van der Waals surface area contributed by atoms with Gasteiger partial charge in [0.15, 0.2) is 0 Å². The van der Waals surface area contributed by atoms with Crippen LogP contribution in [0.15, 0.2) is 0 Å². The predicted octanol–water partition coefficient (Wildman–Crippen LogP) is -1.28. The summed E-state index contributed by atoms with van der Waals surface area (Å²) >= 11 is 0. The molecule has 0 aromatic carbocycles. The molecule has 0 aliphatic carbocycles. The van der Waals surface area contributed by atoms with Crippen LogP contribution < -0.4 is 5.14 Å². The van der Waals surface area contributed by atoms with E-state index in [4.69, 9.17) is 9.88 Å². The quantitative estimate of drug-likeness (QED) is 0.612. The van der Waals surface area contributed by atoms with Crippen molar-refractivity contribution in [1.82, 2.24) is 9.21 Å². The molecule has 15 heavy (non-hydrogen) atoms. The van der Waals surface area contributed by atoms with Gasteiger partial charge in [-0.15, -0.1) is 0 Å². The third-order valence-electron chi connectivity index (χ3n) is 2.72. The molecule has 2 heterocycles. The van der Waals surface area contributed by atoms with Crippen molar-refractivity contribution >= 4 is 16.3 Å². The molecule has 2 fully saturated rings. The van der Waals surface area contributed by atoms with E-state index in [9.17, 15) is 13.2 Å². The third-order valence-corrected chi connectivity index (χ3v) is 3.77. The first-order valence-corrected chi connectivity index (χ1v) is 6.20. The smallest absolute Gasteiger partial charge is 0.410 e. The number of carbonyl (C=O) groups is 1. The Hall–Kier alpha value is -0.860. The first kappa shape index (κ1) is 10.7. The Kier molecular flexibility index (Phi) is 2.57. The van der Waals surface area contributed by atoms with Gasteiger partial charge in [0.2, 0.25) is 0 Å². The van der Waals surface area contributed by atoms with Crippen molar-refractivity contribution in [1.29, 1.82) is 0 Å². The first-order chi connectivity index (χ1) is 6.98. The summed E-state index contributed by atoms with van der Waals surface area (Å²) in [4.78, 5) is 12.9. The van der Waals surface area contributed by atoms with Crippen molar-refractivity contribution in [2.24, 2.45) is 5.14 Å². The molecule has 1 unspecified atom stereocenters. The van der Waals surface area contributed by atoms with E-state index in [0.29, 0.717) is 19.6 Å². The van der Waals surface area contributed by atoms with Gasteiger partial charge in [0.05, 0.1) is 12.6 Å². The lowest BCUT2D eigenvalue weighted by atomic mass is 10.1. The maximum Gasteiger partial charge on any atom is 0.410 e. The van der Waals surface area contributed by atoms with Crippen LogP contribution in [0.3, 0.4) is 0 Å². The van der Waals surface area contributed by atoms with Gasteiger partial charge in [0.1, 0.15) is 0 Å². The number of amides is 1. The number of nitrogens with zero attached hydrogens (tertiary/aromatic N) is 2. The number of nitrogens with two attached hydrogens (primary N) is 1. The highest BCUT2D eigenvalue weighted by atomic mass is 32.2. The maximum atomic E-state index is 11.3. The topological polar surface area (TPSA) is 92.9 Å². The van der Waals surface area contributed by atoms with E-state index in [-0.39, 0.29) is 25.2 Å². The van der Waals surface area contributed by atoms with E-state index in [1.54, 1.807) is 4.90 Å². The van der Waals surface area contributed by atoms with Crippen LogP contribution in [0.2, 0.25) is 0 Å². The molecule has 2 rings (SSSR count).